The number of ether oxygens (including phenoxy) is 1. The molecule has 0 saturated carbocycles. The second-order valence-electron chi connectivity index (χ2n) is 4.82. The second-order valence-corrected chi connectivity index (χ2v) is 4.82. The Hall–Kier alpha value is -1.68. The third-order valence-electron chi connectivity index (χ3n) is 3.45. The Bertz CT molecular complexity index is 556. The van der Waals surface area contributed by atoms with Gasteiger partial charge in [-0.25, -0.2) is 4.98 Å². The predicted molar refractivity (Wildman–Crippen MR) is 67.8 cm³/mol. The standard InChI is InChI=1S/C14H16N2O2/c17-9-13-4-1-5-14-15-12(8-16(13)14)7-11-3-2-6-18-10-11/h1,4-5,8-9,11H,2-3,6-7,10H2. The van der Waals surface area contributed by atoms with Crippen molar-refractivity contribution in [2.75, 3.05) is 13.2 Å². The summed E-state index contributed by atoms with van der Waals surface area (Å²) in [6.07, 6.45) is 6.10. The van der Waals surface area contributed by atoms with Crippen LogP contribution in [0.25, 0.3) is 5.65 Å². The third-order valence-corrected chi connectivity index (χ3v) is 3.45. The molecule has 4 nitrogen and oxygen atoms in total. The van der Waals surface area contributed by atoms with Crippen LogP contribution in [0.3, 0.4) is 0 Å². The first-order valence-corrected chi connectivity index (χ1v) is 6.37. The van der Waals surface area contributed by atoms with E-state index in [2.05, 4.69) is 4.98 Å². The highest BCUT2D eigenvalue weighted by atomic mass is 16.5. The molecule has 1 atom stereocenters. The number of hydrogen-bond acceptors (Lipinski definition) is 3. The van der Waals surface area contributed by atoms with Crippen LogP contribution in [-0.4, -0.2) is 28.9 Å². The summed E-state index contributed by atoms with van der Waals surface area (Å²) >= 11 is 0. The number of hydrogen-bond donors (Lipinski definition) is 0. The summed E-state index contributed by atoms with van der Waals surface area (Å²) in [5.74, 6) is 0.559. The Morgan fingerprint density at radius 2 is 2.44 bits per heavy atom. The molecule has 2 aromatic rings. The maximum atomic E-state index is 11.0. The molecule has 1 aliphatic heterocycles. The summed E-state index contributed by atoms with van der Waals surface area (Å²) in [7, 11) is 0. The molecule has 1 unspecified atom stereocenters. The van der Waals surface area contributed by atoms with Crippen molar-refractivity contribution in [2.24, 2.45) is 5.92 Å². The molecule has 3 rings (SSSR count). The van der Waals surface area contributed by atoms with E-state index >= 15 is 0 Å². The number of fused-ring (bicyclic) bond motifs is 1. The van der Waals surface area contributed by atoms with Crippen LogP contribution < -0.4 is 0 Å². The predicted octanol–water partition coefficient (Wildman–Crippen LogP) is 2.12. The fourth-order valence-corrected chi connectivity index (χ4v) is 2.54. The number of nitrogens with zero attached hydrogens (tertiary/aromatic N) is 2. The Morgan fingerprint density at radius 3 is 3.22 bits per heavy atom. The zero-order chi connectivity index (χ0) is 12.4. The van der Waals surface area contributed by atoms with Gasteiger partial charge in [0.25, 0.3) is 0 Å². The minimum Gasteiger partial charge on any atom is -0.381 e. The Kier molecular flexibility index (Phi) is 3.11. The molecule has 18 heavy (non-hydrogen) atoms. The van der Waals surface area contributed by atoms with Gasteiger partial charge in [-0.3, -0.25) is 9.20 Å². The molecule has 0 N–H and O–H groups in total. The smallest absolute Gasteiger partial charge is 0.166 e. The van der Waals surface area contributed by atoms with Gasteiger partial charge in [-0.05, 0) is 37.3 Å². The van der Waals surface area contributed by atoms with E-state index < -0.39 is 0 Å². The van der Waals surface area contributed by atoms with Crippen molar-refractivity contribution < 1.29 is 9.53 Å². The fraction of sp³-hybridized carbons (Fsp3) is 0.429. The molecule has 0 aliphatic carbocycles. The van der Waals surface area contributed by atoms with Gasteiger partial charge < -0.3 is 4.74 Å². The molecule has 0 amide bonds. The molecule has 0 radical (unpaired) electrons. The van der Waals surface area contributed by atoms with Crippen LogP contribution in [0.4, 0.5) is 0 Å². The molecule has 0 bridgehead atoms. The first-order valence-electron chi connectivity index (χ1n) is 6.37. The normalized spacial score (nSPS) is 20.1. The largest absolute Gasteiger partial charge is 0.381 e. The molecule has 1 aliphatic rings. The van der Waals surface area contributed by atoms with Crippen LogP contribution >= 0.6 is 0 Å². The number of pyridine rings is 1. The lowest BCUT2D eigenvalue weighted by molar-refractivity contribution is 0.0547. The summed E-state index contributed by atoms with van der Waals surface area (Å²) < 4.78 is 7.34. The maximum Gasteiger partial charge on any atom is 0.166 e. The van der Waals surface area contributed by atoms with E-state index in [1.54, 1.807) is 6.07 Å². The molecule has 3 heterocycles. The lowest BCUT2D eigenvalue weighted by Gasteiger charge is -2.20. The van der Waals surface area contributed by atoms with Crippen molar-refractivity contribution in [3.63, 3.8) is 0 Å². The van der Waals surface area contributed by atoms with Gasteiger partial charge in [-0.1, -0.05) is 6.07 Å². The van der Waals surface area contributed by atoms with Gasteiger partial charge in [0, 0.05) is 19.4 Å². The molecule has 1 fully saturated rings. The molecule has 0 spiro atoms. The molecular formula is C14H16N2O2. The number of rotatable bonds is 3. The highest BCUT2D eigenvalue weighted by Gasteiger charge is 2.16. The summed E-state index contributed by atoms with van der Waals surface area (Å²) in [4.78, 5) is 15.5. The quantitative estimate of drug-likeness (QED) is 0.777. The van der Waals surface area contributed by atoms with Gasteiger partial charge >= 0.3 is 0 Å². The summed E-state index contributed by atoms with van der Waals surface area (Å²) in [6, 6.07) is 5.59. The van der Waals surface area contributed by atoms with Gasteiger partial charge in [0.15, 0.2) is 6.29 Å². The van der Waals surface area contributed by atoms with E-state index in [-0.39, 0.29) is 0 Å². The van der Waals surface area contributed by atoms with Crippen molar-refractivity contribution in [1.29, 1.82) is 0 Å². The van der Waals surface area contributed by atoms with Crippen LogP contribution in [-0.2, 0) is 11.2 Å². The van der Waals surface area contributed by atoms with Crippen LogP contribution in [0.15, 0.2) is 24.4 Å². The number of carbonyl (C=O) groups is 1. The van der Waals surface area contributed by atoms with Crippen molar-refractivity contribution in [3.05, 3.63) is 35.8 Å². The van der Waals surface area contributed by atoms with E-state index in [4.69, 9.17) is 4.74 Å². The summed E-state index contributed by atoms with van der Waals surface area (Å²) in [6.45, 7) is 1.71. The molecule has 1 saturated heterocycles. The first-order chi connectivity index (χ1) is 8.86. The molecule has 94 valence electrons. The zero-order valence-corrected chi connectivity index (χ0v) is 10.2. The van der Waals surface area contributed by atoms with Gasteiger partial charge in [0.2, 0.25) is 0 Å². The monoisotopic (exact) mass is 244 g/mol. The lowest BCUT2D eigenvalue weighted by atomic mass is 9.97. The van der Waals surface area contributed by atoms with Crippen molar-refractivity contribution in [3.8, 4) is 0 Å². The van der Waals surface area contributed by atoms with Gasteiger partial charge in [-0.2, -0.15) is 0 Å². The maximum absolute atomic E-state index is 11.0. The number of aldehydes is 1. The fourth-order valence-electron chi connectivity index (χ4n) is 2.54. The number of imidazole rings is 1. The minimum absolute atomic E-state index is 0.559. The van der Waals surface area contributed by atoms with Crippen molar-refractivity contribution in [2.45, 2.75) is 19.3 Å². The minimum atomic E-state index is 0.559. The molecule has 4 heteroatoms. The first kappa shape index (κ1) is 11.4. The molecule has 0 aromatic carbocycles. The van der Waals surface area contributed by atoms with Crippen LogP contribution in [0.5, 0.6) is 0 Å². The van der Waals surface area contributed by atoms with Gasteiger partial charge in [0.05, 0.1) is 11.4 Å². The third kappa shape index (κ3) is 2.16. The Morgan fingerprint density at radius 1 is 1.50 bits per heavy atom. The summed E-state index contributed by atoms with van der Waals surface area (Å²) in [5.41, 5.74) is 2.53. The molecular weight excluding hydrogens is 228 g/mol. The average Bonchev–Trinajstić information content (AvgIpc) is 2.82. The Labute approximate surface area is 106 Å². The van der Waals surface area contributed by atoms with E-state index in [0.717, 1.165) is 43.7 Å². The lowest BCUT2D eigenvalue weighted by Crippen LogP contribution is -2.19. The van der Waals surface area contributed by atoms with E-state index in [1.165, 1.54) is 6.42 Å². The highest BCUT2D eigenvalue weighted by Crippen LogP contribution is 2.19. The van der Waals surface area contributed by atoms with Gasteiger partial charge in [0.1, 0.15) is 5.65 Å². The topological polar surface area (TPSA) is 43.6 Å². The van der Waals surface area contributed by atoms with Crippen LogP contribution in [0, 0.1) is 5.92 Å². The van der Waals surface area contributed by atoms with Crippen LogP contribution in [0.2, 0.25) is 0 Å². The van der Waals surface area contributed by atoms with E-state index in [1.807, 2.05) is 22.7 Å². The number of carbonyl (C=O) groups excluding carboxylic acids is 1. The average molecular weight is 244 g/mol. The van der Waals surface area contributed by atoms with E-state index in [0.29, 0.717) is 11.6 Å². The molecule has 2 aromatic heterocycles. The van der Waals surface area contributed by atoms with Crippen molar-refractivity contribution >= 4 is 11.9 Å². The number of aromatic nitrogens is 2. The van der Waals surface area contributed by atoms with Crippen molar-refractivity contribution in [1.82, 2.24) is 9.38 Å². The Balaban J connectivity index is 1.86. The highest BCUT2D eigenvalue weighted by molar-refractivity contribution is 5.73. The second kappa shape index (κ2) is 4.90. The SMILES string of the molecule is O=Cc1cccc2nc(CC3CCCOC3)cn12. The zero-order valence-electron chi connectivity index (χ0n) is 10.2. The van der Waals surface area contributed by atoms with Gasteiger partial charge in [-0.15, -0.1) is 0 Å². The summed E-state index contributed by atoms with van der Waals surface area (Å²) in [5, 5.41) is 0. The van der Waals surface area contributed by atoms with Crippen LogP contribution in [0.1, 0.15) is 29.0 Å². The van der Waals surface area contributed by atoms with E-state index in [9.17, 15) is 4.79 Å².